The number of nitrogens with zero attached hydrogens (tertiary/aromatic N) is 4. The van der Waals surface area contributed by atoms with E-state index in [1.807, 2.05) is 50.2 Å². The molecule has 0 atom stereocenters. The first-order chi connectivity index (χ1) is 13.6. The number of rotatable bonds is 5. The number of thioether (sulfide) groups is 1. The minimum absolute atomic E-state index is 0.365. The lowest BCUT2D eigenvalue weighted by Gasteiger charge is -2.10. The van der Waals surface area contributed by atoms with Crippen molar-refractivity contribution < 1.29 is 9.15 Å². The summed E-state index contributed by atoms with van der Waals surface area (Å²) in [5, 5.41) is 13.5. The van der Waals surface area contributed by atoms with Crippen molar-refractivity contribution in [3.63, 3.8) is 0 Å². The third-order valence-corrected chi connectivity index (χ3v) is 5.52. The number of tetrazole rings is 1. The SMILES string of the molecule is COc1ccccc1-n1nnnc1SCc1cc(=O)oc2cc(C)c(C)cc12. The number of fused-ring (bicyclic) bond motifs is 1. The van der Waals surface area contributed by atoms with Gasteiger partial charge in [0.2, 0.25) is 5.16 Å². The lowest BCUT2D eigenvalue weighted by molar-refractivity contribution is 0.410. The van der Waals surface area contributed by atoms with E-state index in [0.717, 1.165) is 27.8 Å². The van der Waals surface area contributed by atoms with Crippen molar-refractivity contribution in [3.8, 4) is 11.4 Å². The molecule has 0 spiro atoms. The van der Waals surface area contributed by atoms with Gasteiger partial charge in [0.05, 0.1) is 7.11 Å². The van der Waals surface area contributed by atoms with Crippen LogP contribution in [0, 0.1) is 13.8 Å². The van der Waals surface area contributed by atoms with Crippen molar-refractivity contribution >= 4 is 22.7 Å². The van der Waals surface area contributed by atoms with Crippen LogP contribution in [-0.2, 0) is 5.75 Å². The van der Waals surface area contributed by atoms with Crippen LogP contribution in [0.2, 0.25) is 0 Å². The third-order valence-electron chi connectivity index (χ3n) is 4.56. The molecule has 142 valence electrons. The molecule has 0 saturated carbocycles. The zero-order valence-electron chi connectivity index (χ0n) is 15.7. The van der Waals surface area contributed by atoms with E-state index in [1.54, 1.807) is 11.8 Å². The molecule has 4 rings (SSSR count). The molecule has 0 unspecified atom stereocenters. The van der Waals surface area contributed by atoms with Crippen molar-refractivity contribution in [1.82, 2.24) is 20.2 Å². The van der Waals surface area contributed by atoms with E-state index in [2.05, 4.69) is 15.5 Å². The fraction of sp³-hybridized carbons (Fsp3) is 0.200. The lowest BCUT2D eigenvalue weighted by Crippen LogP contribution is -2.03. The summed E-state index contributed by atoms with van der Waals surface area (Å²) in [6, 6.07) is 13.0. The van der Waals surface area contributed by atoms with Gasteiger partial charge in [-0.25, -0.2) is 4.79 Å². The molecule has 28 heavy (non-hydrogen) atoms. The molecule has 0 amide bonds. The Morgan fingerprint density at radius 2 is 1.93 bits per heavy atom. The number of para-hydroxylation sites is 2. The van der Waals surface area contributed by atoms with Crippen LogP contribution in [0.4, 0.5) is 0 Å². The summed E-state index contributed by atoms with van der Waals surface area (Å²) < 4.78 is 12.4. The van der Waals surface area contributed by atoms with Crippen molar-refractivity contribution in [2.24, 2.45) is 0 Å². The molecule has 0 bridgehead atoms. The largest absolute Gasteiger partial charge is 0.494 e. The highest BCUT2D eigenvalue weighted by atomic mass is 32.2. The van der Waals surface area contributed by atoms with E-state index < -0.39 is 0 Å². The summed E-state index contributed by atoms with van der Waals surface area (Å²) in [6.45, 7) is 4.04. The maximum absolute atomic E-state index is 12.0. The highest BCUT2D eigenvalue weighted by Crippen LogP contribution is 2.29. The number of aromatic nitrogens is 4. The minimum atomic E-state index is -0.365. The van der Waals surface area contributed by atoms with E-state index in [1.165, 1.54) is 17.8 Å². The van der Waals surface area contributed by atoms with Crippen molar-refractivity contribution in [1.29, 1.82) is 0 Å². The number of benzene rings is 2. The number of aryl methyl sites for hydroxylation is 2. The fourth-order valence-corrected chi connectivity index (χ4v) is 3.84. The van der Waals surface area contributed by atoms with Gasteiger partial charge in [-0.2, -0.15) is 4.68 Å². The maximum atomic E-state index is 12.0. The summed E-state index contributed by atoms with van der Waals surface area (Å²) in [4.78, 5) is 12.0. The van der Waals surface area contributed by atoms with Crippen LogP contribution in [0.25, 0.3) is 16.7 Å². The summed E-state index contributed by atoms with van der Waals surface area (Å²) in [6.07, 6.45) is 0. The number of ether oxygens (including phenoxy) is 1. The highest BCUT2D eigenvalue weighted by molar-refractivity contribution is 7.98. The standard InChI is InChI=1S/C20H18N4O3S/c1-12-8-15-14(10-19(25)27-18(15)9-13(12)2)11-28-20-21-22-23-24(20)16-6-4-5-7-17(16)26-3/h4-10H,11H2,1-3H3. The molecule has 2 aromatic heterocycles. The van der Waals surface area contributed by atoms with E-state index >= 15 is 0 Å². The second kappa shape index (κ2) is 7.47. The first kappa shape index (κ1) is 18.2. The number of hydrogen-bond acceptors (Lipinski definition) is 7. The van der Waals surface area contributed by atoms with Crippen molar-refractivity contribution in [2.45, 2.75) is 24.8 Å². The molecular weight excluding hydrogens is 376 g/mol. The number of hydrogen-bond donors (Lipinski definition) is 0. The van der Waals surface area contributed by atoms with Gasteiger partial charge in [-0.05, 0) is 65.2 Å². The topological polar surface area (TPSA) is 83.0 Å². The Labute approximate surface area is 165 Å². The quantitative estimate of drug-likeness (QED) is 0.377. The monoisotopic (exact) mass is 394 g/mol. The van der Waals surface area contributed by atoms with Gasteiger partial charge in [-0.3, -0.25) is 0 Å². The summed E-state index contributed by atoms with van der Waals surface area (Å²) in [5.74, 6) is 1.20. The van der Waals surface area contributed by atoms with Gasteiger partial charge >= 0.3 is 5.63 Å². The Hall–Kier alpha value is -3.13. The van der Waals surface area contributed by atoms with Gasteiger partial charge in [0.15, 0.2) is 0 Å². The molecule has 0 aliphatic heterocycles. The molecule has 8 heteroatoms. The van der Waals surface area contributed by atoms with Gasteiger partial charge in [-0.15, -0.1) is 5.10 Å². The Balaban J connectivity index is 1.69. The van der Waals surface area contributed by atoms with Gasteiger partial charge in [-0.1, -0.05) is 23.9 Å². The van der Waals surface area contributed by atoms with E-state index in [0.29, 0.717) is 22.2 Å². The third kappa shape index (κ3) is 3.38. The molecule has 0 saturated heterocycles. The predicted molar refractivity (Wildman–Crippen MR) is 107 cm³/mol. The average molecular weight is 394 g/mol. The second-order valence-corrected chi connectivity index (χ2v) is 7.30. The van der Waals surface area contributed by atoms with Gasteiger partial charge in [0.1, 0.15) is 17.0 Å². The maximum Gasteiger partial charge on any atom is 0.336 e. The number of methoxy groups -OCH3 is 1. The summed E-state index contributed by atoms with van der Waals surface area (Å²) >= 11 is 1.45. The first-order valence-electron chi connectivity index (χ1n) is 8.65. The molecule has 0 aliphatic carbocycles. The molecule has 0 aliphatic rings. The Kier molecular flexibility index (Phi) is 4.87. The Morgan fingerprint density at radius 1 is 1.14 bits per heavy atom. The van der Waals surface area contributed by atoms with Crippen LogP contribution in [0.15, 0.2) is 56.8 Å². The molecule has 7 nitrogen and oxygen atoms in total. The van der Waals surface area contributed by atoms with Crippen LogP contribution in [0.5, 0.6) is 5.75 Å². The van der Waals surface area contributed by atoms with Crippen LogP contribution in [0.1, 0.15) is 16.7 Å². The second-order valence-electron chi connectivity index (χ2n) is 6.36. The zero-order chi connectivity index (χ0) is 19.7. The van der Waals surface area contributed by atoms with E-state index in [4.69, 9.17) is 9.15 Å². The van der Waals surface area contributed by atoms with Gasteiger partial charge in [0.25, 0.3) is 0 Å². The van der Waals surface area contributed by atoms with Crippen LogP contribution in [0.3, 0.4) is 0 Å². The van der Waals surface area contributed by atoms with Crippen LogP contribution in [-0.4, -0.2) is 27.3 Å². The van der Waals surface area contributed by atoms with Gasteiger partial charge < -0.3 is 9.15 Å². The Morgan fingerprint density at radius 3 is 2.75 bits per heavy atom. The Bertz CT molecular complexity index is 1220. The van der Waals surface area contributed by atoms with Crippen LogP contribution < -0.4 is 10.4 Å². The van der Waals surface area contributed by atoms with E-state index in [9.17, 15) is 4.79 Å². The highest BCUT2D eigenvalue weighted by Gasteiger charge is 2.15. The lowest BCUT2D eigenvalue weighted by atomic mass is 10.0. The minimum Gasteiger partial charge on any atom is -0.494 e. The summed E-state index contributed by atoms with van der Waals surface area (Å²) in [5.41, 5.74) is 4.09. The van der Waals surface area contributed by atoms with Crippen molar-refractivity contribution in [3.05, 3.63) is 69.6 Å². The molecule has 2 aromatic carbocycles. The zero-order valence-corrected chi connectivity index (χ0v) is 16.5. The molecular formula is C20H18N4O3S. The molecule has 0 N–H and O–H groups in total. The molecule has 4 aromatic rings. The molecule has 0 fully saturated rings. The first-order valence-corrected chi connectivity index (χ1v) is 9.64. The normalized spacial score (nSPS) is 11.1. The van der Waals surface area contributed by atoms with Crippen molar-refractivity contribution in [2.75, 3.05) is 7.11 Å². The van der Waals surface area contributed by atoms with Gasteiger partial charge in [0, 0.05) is 17.2 Å². The summed E-state index contributed by atoms with van der Waals surface area (Å²) in [7, 11) is 1.61. The fourth-order valence-electron chi connectivity index (χ4n) is 2.97. The molecule has 2 heterocycles. The molecule has 0 radical (unpaired) electrons. The predicted octanol–water partition coefficient (Wildman–Crippen LogP) is 3.69. The smallest absolute Gasteiger partial charge is 0.336 e. The van der Waals surface area contributed by atoms with E-state index in [-0.39, 0.29) is 5.63 Å². The average Bonchev–Trinajstić information content (AvgIpc) is 3.16. The van der Waals surface area contributed by atoms with Crippen LogP contribution >= 0.6 is 11.8 Å².